The number of rotatable bonds is 2. The second-order valence-electron chi connectivity index (χ2n) is 3.71. The molecule has 0 spiro atoms. The lowest BCUT2D eigenvalue weighted by Crippen LogP contribution is -2.20. The molecule has 2 rings (SSSR count). The van der Waals surface area contributed by atoms with E-state index in [4.69, 9.17) is 22.7 Å². The number of hydrogen-bond acceptors (Lipinski definition) is 2. The zero-order valence-corrected chi connectivity index (χ0v) is 10.1. The molecule has 0 aliphatic rings. The molecule has 3 N–H and O–H groups in total. The first-order chi connectivity index (χ1) is 8.80. The van der Waals surface area contributed by atoms with E-state index in [1.807, 2.05) is 0 Å². The van der Waals surface area contributed by atoms with Crippen LogP contribution in [0.3, 0.4) is 0 Å². The molecule has 0 saturated heterocycles. The zero-order valence-electron chi connectivity index (χ0n) is 9.37. The number of benzene rings is 1. The molecular weight excluding hydrogens is 281 g/mol. The smallest absolute Gasteiger partial charge is 0.384 e. The summed E-state index contributed by atoms with van der Waals surface area (Å²) in [5, 5.41) is 11.2. The maximum atomic E-state index is 13.0. The fraction of sp³-hybridized carbons (Fsp3) is 0.0909. The largest absolute Gasteiger partial charge is 0.434 e. The molecule has 0 amide bonds. The first kappa shape index (κ1) is 13.4. The summed E-state index contributed by atoms with van der Waals surface area (Å²) in [6, 6.07) is 5.70. The van der Waals surface area contributed by atoms with Crippen LogP contribution in [0.1, 0.15) is 11.3 Å². The Morgan fingerprint density at radius 3 is 2.32 bits per heavy atom. The number of amidine groups is 1. The molecule has 0 atom stereocenters. The van der Waals surface area contributed by atoms with Gasteiger partial charge in [-0.3, -0.25) is 5.41 Å². The number of alkyl halides is 3. The Bertz CT molecular complexity index is 616. The number of halogens is 4. The summed E-state index contributed by atoms with van der Waals surface area (Å²) in [6.07, 6.45) is -3.75. The molecule has 1 heterocycles. The Kier molecular flexibility index (Phi) is 3.23. The van der Waals surface area contributed by atoms with Gasteiger partial charge in [0.2, 0.25) is 0 Å². The lowest BCUT2D eigenvalue weighted by Gasteiger charge is -2.12. The van der Waals surface area contributed by atoms with E-state index in [0.717, 1.165) is 6.20 Å². The lowest BCUT2D eigenvalue weighted by atomic mass is 10.2. The molecule has 0 fully saturated rings. The average Bonchev–Trinajstić information content (AvgIpc) is 2.74. The molecular formula is C11H8ClF3N4. The Morgan fingerprint density at radius 1 is 1.26 bits per heavy atom. The Labute approximate surface area is 111 Å². The third-order valence-electron chi connectivity index (χ3n) is 2.40. The number of aromatic nitrogens is 2. The summed E-state index contributed by atoms with van der Waals surface area (Å²) in [5.41, 5.74) is 3.78. The van der Waals surface area contributed by atoms with Gasteiger partial charge in [0.25, 0.3) is 0 Å². The third-order valence-corrected chi connectivity index (χ3v) is 2.65. The van der Waals surface area contributed by atoms with Crippen molar-refractivity contribution in [2.24, 2.45) is 5.73 Å². The maximum Gasteiger partial charge on any atom is 0.434 e. The molecule has 0 unspecified atom stereocenters. The Hall–Kier alpha value is -2.02. The van der Waals surface area contributed by atoms with Crippen LogP contribution in [-0.2, 0) is 6.18 Å². The molecule has 2 aromatic rings. The minimum atomic E-state index is -4.67. The SMILES string of the molecule is N=C(N)c1cnn(-c2ccc(Cl)cc2)c1C(F)(F)F. The first-order valence-corrected chi connectivity index (χ1v) is 5.44. The van der Waals surface area contributed by atoms with Crippen LogP contribution < -0.4 is 5.73 Å². The van der Waals surface area contributed by atoms with Gasteiger partial charge >= 0.3 is 6.18 Å². The Morgan fingerprint density at radius 2 is 1.84 bits per heavy atom. The van der Waals surface area contributed by atoms with E-state index >= 15 is 0 Å². The van der Waals surface area contributed by atoms with E-state index in [9.17, 15) is 13.2 Å². The van der Waals surface area contributed by atoms with Crippen LogP contribution in [0.15, 0.2) is 30.5 Å². The first-order valence-electron chi connectivity index (χ1n) is 5.06. The number of nitrogen functional groups attached to an aromatic ring is 1. The molecule has 4 nitrogen and oxygen atoms in total. The molecule has 1 aromatic carbocycles. The summed E-state index contributed by atoms with van der Waals surface area (Å²) in [7, 11) is 0. The van der Waals surface area contributed by atoms with Gasteiger partial charge in [-0.2, -0.15) is 18.3 Å². The van der Waals surface area contributed by atoms with E-state index < -0.39 is 23.3 Å². The highest BCUT2D eigenvalue weighted by Gasteiger charge is 2.39. The minimum absolute atomic E-state index is 0.184. The quantitative estimate of drug-likeness (QED) is 0.659. The van der Waals surface area contributed by atoms with E-state index in [1.54, 1.807) is 0 Å². The summed E-state index contributed by atoms with van der Waals surface area (Å²) in [6.45, 7) is 0. The van der Waals surface area contributed by atoms with Crippen LogP contribution in [0.4, 0.5) is 13.2 Å². The highest BCUT2D eigenvalue weighted by molar-refractivity contribution is 6.30. The van der Waals surface area contributed by atoms with Crippen molar-refractivity contribution in [2.75, 3.05) is 0 Å². The van der Waals surface area contributed by atoms with Crippen molar-refractivity contribution in [3.8, 4) is 5.69 Å². The van der Waals surface area contributed by atoms with Crippen LogP contribution in [0.25, 0.3) is 5.69 Å². The third kappa shape index (κ3) is 2.55. The topological polar surface area (TPSA) is 67.7 Å². The number of nitrogens with one attached hydrogen (secondary N) is 1. The number of nitrogens with two attached hydrogens (primary N) is 1. The molecule has 0 aliphatic heterocycles. The molecule has 0 saturated carbocycles. The van der Waals surface area contributed by atoms with Gasteiger partial charge in [-0.1, -0.05) is 11.6 Å². The van der Waals surface area contributed by atoms with Crippen molar-refractivity contribution in [1.29, 1.82) is 5.41 Å². The molecule has 0 bridgehead atoms. The maximum absolute atomic E-state index is 13.0. The summed E-state index contributed by atoms with van der Waals surface area (Å²) in [5.74, 6) is -0.687. The molecule has 100 valence electrons. The van der Waals surface area contributed by atoms with Crippen molar-refractivity contribution in [3.05, 3.63) is 46.7 Å². The van der Waals surface area contributed by atoms with E-state index in [0.29, 0.717) is 9.70 Å². The van der Waals surface area contributed by atoms with Crippen molar-refractivity contribution >= 4 is 17.4 Å². The van der Waals surface area contributed by atoms with Gasteiger partial charge in [0.05, 0.1) is 17.4 Å². The zero-order chi connectivity index (χ0) is 14.2. The van der Waals surface area contributed by atoms with Crippen LogP contribution in [0.2, 0.25) is 5.02 Å². The number of nitrogens with zero attached hydrogens (tertiary/aromatic N) is 2. The average molecular weight is 289 g/mol. The van der Waals surface area contributed by atoms with Gasteiger partial charge < -0.3 is 5.73 Å². The minimum Gasteiger partial charge on any atom is -0.384 e. The van der Waals surface area contributed by atoms with Crippen LogP contribution in [0, 0.1) is 5.41 Å². The van der Waals surface area contributed by atoms with Gasteiger partial charge in [-0.15, -0.1) is 0 Å². The van der Waals surface area contributed by atoms with Gasteiger partial charge in [0, 0.05) is 5.02 Å². The van der Waals surface area contributed by atoms with E-state index in [1.165, 1.54) is 24.3 Å². The van der Waals surface area contributed by atoms with Crippen molar-refractivity contribution < 1.29 is 13.2 Å². The van der Waals surface area contributed by atoms with Gasteiger partial charge in [0.1, 0.15) is 5.84 Å². The highest BCUT2D eigenvalue weighted by Crippen LogP contribution is 2.33. The van der Waals surface area contributed by atoms with Gasteiger partial charge in [-0.25, -0.2) is 4.68 Å². The summed E-state index contributed by atoms with van der Waals surface area (Å²) < 4.78 is 39.8. The lowest BCUT2D eigenvalue weighted by molar-refractivity contribution is -0.142. The fourth-order valence-electron chi connectivity index (χ4n) is 1.60. The fourth-order valence-corrected chi connectivity index (χ4v) is 1.72. The van der Waals surface area contributed by atoms with Crippen LogP contribution in [-0.4, -0.2) is 15.6 Å². The molecule has 0 aliphatic carbocycles. The van der Waals surface area contributed by atoms with Crippen molar-refractivity contribution in [1.82, 2.24) is 9.78 Å². The van der Waals surface area contributed by atoms with Gasteiger partial charge in [-0.05, 0) is 24.3 Å². The summed E-state index contributed by atoms with van der Waals surface area (Å²) in [4.78, 5) is 0. The predicted molar refractivity (Wildman–Crippen MR) is 64.6 cm³/mol. The standard InChI is InChI=1S/C11H8ClF3N4/c12-6-1-3-7(4-2-6)19-9(11(13,14)15)8(5-18-19)10(16)17/h1-5H,(H3,16,17). The monoisotopic (exact) mass is 288 g/mol. The van der Waals surface area contributed by atoms with Crippen molar-refractivity contribution in [3.63, 3.8) is 0 Å². The van der Waals surface area contributed by atoms with Crippen LogP contribution >= 0.6 is 11.6 Å². The molecule has 1 aromatic heterocycles. The highest BCUT2D eigenvalue weighted by atomic mass is 35.5. The molecule has 8 heteroatoms. The Balaban J connectivity index is 2.64. The van der Waals surface area contributed by atoms with Gasteiger partial charge in [0.15, 0.2) is 5.69 Å². The second-order valence-corrected chi connectivity index (χ2v) is 4.14. The van der Waals surface area contributed by atoms with Crippen LogP contribution in [0.5, 0.6) is 0 Å². The molecule has 19 heavy (non-hydrogen) atoms. The predicted octanol–water partition coefficient (Wildman–Crippen LogP) is 2.83. The second kappa shape index (κ2) is 4.58. The van der Waals surface area contributed by atoms with Crippen molar-refractivity contribution in [2.45, 2.75) is 6.18 Å². The van der Waals surface area contributed by atoms with E-state index in [2.05, 4.69) is 5.10 Å². The number of hydrogen-bond donors (Lipinski definition) is 2. The summed E-state index contributed by atoms with van der Waals surface area (Å²) >= 11 is 5.68. The normalized spacial score (nSPS) is 11.6. The molecule has 0 radical (unpaired) electrons. The van der Waals surface area contributed by atoms with E-state index in [-0.39, 0.29) is 5.69 Å².